The normalized spacial score (nSPS) is 21.6. The van der Waals surface area contributed by atoms with Gasteiger partial charge >= 0.3 is 0 Å². The van der Waals surface area contributed by atoms with E-state index in [1.54, 1.807) is 13.0 Å². The van der Waals surface area contributed by atoms with E-state index in [0.29, 0.717) is 30.3 Å². The van der Waals surface area contributed by atoms with Gasteiger partial charge in [0.2, 0.25) is 0 Å². The van der Waals surface area contributed by atoms with Crippen molar-refractivity contribution in [3.05, 3.63) is 23.8 Å². The van der Waals surface area contributed by atoms with Crippen LogP contribution in [0.2, 0.25) is 0 Å². The summed E-state index contributed by atoms with van der Waals surface area (Å²) in [6.07, 6.45) is 1.94. The Balaban J connectivity index is 2.27. The van der Waals surface area contributed by atoms with Crippen LogP contribution in [0.25, 0.3) is 0 Å². The molecule has 1 N–H and O–H groups in total. The number of alkyl halides is 1. The summed E-state index contributed by atoms with van der Waals surface area (Å²) in [7, 11) is 0. The predicted molar refractivity (Wildman–Crippen MR) is 82.8 cm³/mol. The molecule has 118 valence electrons. The van der Waals surface area contributed by atoms with Crippen molar-refractivity contribution in [3.63, 3.8) is 0 Å². The van der Waals surface area contributed by atoms with Crippen molar-refractivity contribution in [2.75, 3.05) is 26.3 Å². The van der Waals surface area contributed by atoms with Crippen LogP contribution in [0.15, 0.2) is 18.2 Å². The summed E-state index contributed by atoms with van der Waals surface area (Å²) in [5.74, 6) is 1.31. The van der Waals surface area contributed by atoms with Crippen molar-refractivity contribution in [3.8, 4) is 11.5 Å². The second-order valence-corrected chi connectivity index (χ2v) is 5.65. The fraction of sp³-hybridized carbons (Fsp3) is 0.647. The molecule has 2 atom stereocenters. The molecule has 1 aliphatic rings. The smallest absolute Gasteiger partial charge is 0.161 e. The third-order valence-corrected chi connectivity index (χ3v) is 4.17. The van der Waals surface area contributed by atoms with Crippen molar-refractivity contribution < 1.29 is 13.9 Å². The van der Waals surface area contributed by atoms with Gasteiger partial charge in [-0.25, -0.2) is 4.39 Å². The van der Waals surface area contributed by atoms with Gasteiger partial charge < -0.3 is 14.8 Å². The van der Waals surface area contributed by atoms with E-state index in [4.69, 9.17) is 9.47 Å². The number of hydrogen-bond donors (Lipinski definition) is 1. The van der Waals surface area contributed by atoms with Crippen LogP contribution in [-0.2, 0) is 5.67 Å². The second-order valence-electron chi connectivity index (χ2n) is 5.65. The highest BCUT2D eigenvalue weighted by molar-refractivity contribution is 5.44. The van der Waals surface area contributed by atoms with Crippen LogP contribution in [0.3, 0.4) is 0 Å². The number of hydrogen-bond acceptors (Lipinski definition) is 3. The average Bonchev–Trinajstić information content (AvgIpc) is 2.50. The molecule has 0 spiro atoms. The van der Waals surface area contributed by atoms with Gasteiger partial charge in [0, 0.05) is 12.5 Å². The maximum Gasteiger partial charge on any atom is 0.161 e. The second kappa shape index (κ2) is 7.12. The van der Waals surface area contributed by atoms with E-state index in [-0.39, 0.29) is 5.92 Å². The van der Waals surface area contributed by atoms with Gasteiger partial charge in [-0.05, 0) is 57.9 Å². The predicted octanol–water partition coefficient (Wildman–Crippen LogP) is 3.67. The molecule has 0 aromatic heterocycles. The first kappa shape index (κ1) is 16.1. The van der Waals surface area contributed by atoms with Gasteiger partial charge in [0.05, 0.1) is 13.2 Å². The van der Waals surface area contributed by atoms with Crippen LogP contribution in [0, 0.1) is 5.92 Å². The number of rotatable bonds is 6. The van der Waals surface area contributed by atoms with Crippen LogP contribution in [0.4, 0.5) is 4.39 Å². The van der Waals surface area contributed by atoms with Crippen LogP contribution < -0.4 is 14.8 Å². The first-order valence-electron chi connectivity index (χ1n) is 7.89. The van der Waals surface area contributed by atoms with Crippen LogP contribution in [0.1, 0.15) is 39.2 Å². The highest BCUT2D eigenvalue weighted by atomic mass is 19.1. The van der Waals surface area contributed by atoms with Crippen LogP contribution in [-0.4, -0.2) is 26.3 Å². The first-order valence-corrected chi connectivity index (χ1v) is 7.89. The molecule has 21 heavy (non-hydrogen) atoms. The lowest BCUT2D eigenvalue weighted by molar-refractivity contribution is 0.0807. The van der Waals surface area contributed by atoms with Gasteiger partial charge in [0.1, 0.15) is 5.67 Å². The fourth-order valence-electron chi connectivity index (χ4n) is 2.91. The molecule has 2 unspecified atom stereocenters. The minimum absolute atomic E-state index is 0.00123. The summed E-state index contributed by atoms with van der Waals surface area (Å²) < 4.78 is 26.5. The molecule has 4 heteroatoms. The molecule has 0 amide bonds. The monoisotopic (exact) mass is 295 g/mol. The third kappa shape index (κ3) is 3.67. The summed E-state index contributed by atoms with van der Waals surface area (Å²) in [6.45, 7) is 8.34. The number of piperidine rings is 1. The van der Waals surface area contributed by atoms with Crippen molar-refractivity contribution in [1.29, 1.82) is 0 Å². The molecule has 0 saturated carbocycles. The molecule has 1 aromatic carbocycles. The fourth-order valence-corrected chi connectivity index (χ4v) is 2.91. The molecule has 0 bridgehead atoms. The van der Waals surface area contributed by atoms with Gasteiger partial charge in [-0.15, -0.1) is 0 Å². The molecule has 1 aromatic rings. The number of nitrogens with one attached hydrogen (secondary N) is 1. The maximum atomic E-state index is 15.3. The summed E-state index contributed by atoms with van der Waals surface area (Å²) in [5, 5.41) is 3.29. The third-order valence-electron chi connectivity index (χ3n) is 4.17. The topological polar surface area (TPSA) is 30.5 Å². The highest BCUT2D eigenvalue weighted by Crippen LogP contribution is 2.40. The molecule has 0 radical (unpaired) electrons. The summed E-state index contributed by atoms with van der Waals surface area (Å²) >= 11 is 0. The Morgan fingerprint density at radius 1 is 1.24 bits per heavy atom. The Bertz CT molecular complexity index is 456. The quantitative estimate of drug-likeness (QED) is 0.868. The Hall–Kier alpha value is -1.29. The average molecular weight is 295 g/mol. The number of benzene rings is 1. The molecule has 1 fully saturated rings. The minimum Gasteiger partial charge on any atom is -0.490 e. The first-order chi connectivity index (χ1) is 10.1. The lowest BCUT2D eigenvalue weighted by Crippen LogP contribution is -2.40. The zero-order valence-corrected chi connectivity index (χ0v) is 13.2. The molecule has 1 saturated heterocycles. The Morgan fingerprint density at radius 2 is 1.95 bits per heavy atom. The van der Waals surface area contributed by atoms with Crippen LogP contribution in [0.5, 0.6) is 11.5 Å². The summed E-state index contributed by atoms with van der Waals surface area (Å²) in [4.78, 5) is 0. The largest absolute Gasteiger partial charge is 0.490 e. The van der Waals surface area contributed by atoms with Gasteiger partial charge in [-0.2, -0.15) is 0 Å². The van der Waals surface area contributed by atoms with Gasteiger partial charge in [-0.3, -0.25) is 0 Å². The lowest BCUT2D eigenvalue weighted by atomic mass is 9.80. The zero-order valence-electron chi connectivity index (χ0n) is 13.2. The highest BCUT2D eigenvalue weighted by Gasteiger charge is 2.37. The van der Waals surface area contributed by atoms with Crippen molar-refractivity contribution in [2.45, 2.75) is 39.3 Å². The Kier molecular flexibility index (Phi) is 5.45. The van der Waals surface area contributed by atoms with Crippen LogP contribution >= 0.6 is 0 Å². The standard InChI is InChI=1S/C17H26FNO2/c1-4-20-15-9-8-13(11-16(15)21-5-2)17(3,18)14-7-6-10-19-12-14/h8-9,11,14,19H,4-7,10,12H2,1-3H3. The maximum absolute atomic E-state index is 15.3. The van der Waals surface area contributed by atoms with E-state index >= 15 is 4.39 Å². The summed E-state index contributed by atoms with van der Waals surface area (Å²) in [5.41, 5.74) is -0.688. The van der Waals surface area contributed by atoms with Gasteiger partial charge in [0.15, 0.2) is 11.5 Å². The van der Waals surface area contributed by atoms with Crippen molar-refractivity contribution in [2.24, 2.45) is 5.92 Å². The van der Waals surface area contributed by atoms with E-state index in [2.05, 4.69) is 5.32 Å². The number of halogens is 1. The van der Waals surface area contributed by atoms with E-state index in [9.17, 15) is 0 Å². The Labute approximate surface area is 126 Å². The lowest BCUT2D eigenvalue weighted by Gasteiger charge is -2.34. The molecular formula is C17H26FNO2. The summed E-state index contributed by atoms with van der Waals surface area (Å²) in [6, 6.07) is 5.43. The van der Waals surface area contributed by atoms with E-state index in [0.717, 1.165) is 25.9 Å². The molecule has 2 rings (SSSR count). The molecule has 1 aliphatic heterocycles. The Morgan fingerprint density at radius 3 is 2.57 bits per heavy atom. The SMILES string of the molecule is CCOc1ccc(C(C)(F)C2CCCNC2)cc1OCC. The molecule has 0 aliphatic carbocycles. The zero-order chi connectivity index (χ0) is 15.3. The molecule has 1 heterocycles. The van der Waals surface area contributed by atoms with E-state index in [1.807, 2.05) is 26.0 Å². The molecule has 3 nitrogen and oxygen atoms in total. The van der Waals surface area contributed by atoms with E-state index in [1.165, 1.54) is 0 Å². The van der Waals surface area contributed by atoms with Gasteiger partial charge in [-0.1, -0.05) is 6.07 Å². The number of ether oxygens (including phenoxy) is 2. The minimum atomic E-state index is -1.36. The van der Waals surface area contributed by atoms with E-state index < -0.39 is 5.67 Å². The van der Waals surface area contributed by atoms with Gasteiger partial charge in [0.25, 0.3) is 0 Å². The van der Waals surface area contributed by atoms with Crippen molar-refractivity contribution >= 4 is 0 Å². The van der Waals surface area contributed by atoms with Crippen molar-refractivity contribution in [1.82, 2.24) is 5.32 Å². The molecular weight excluding hydrogens is 269 g/mol.